The summed E-state index contributed by atoms with van der Waals surface area (Å²) in [5.74, 6) is -0.567. The molecule has 236 valence electrons. The summed E-state index contributed by atoms with van der Waals surface area (Å²) in [5.41, 5.74) is 9.51. The number of carbonyl (C=O) groups excluding carboxylic acids is 2. The number of rotatable bonds is 9. The lowest BCUT2D eigenvalue weighted by Gasteiger charge is -2.14. The van der Waals surface area contributed by atoms with Crippen LogP contribution in [0.4, 0.5) is 0 Å². The number of para-hydroxylation sites is 2. The number of hydrogen-bond acceptors (Lipinski definition) is 7. The molecule has 0 unspecified atom stereocenters. The number of ether oxygens (including phenoxy) is 2. The van der Waals surface area contributed by atoms with Crippen LogP contribution in [-0.2, 0) is 38.3 Å². The summed E-state index contributed by atoms with van der Waals surface area (Å²) in [6, 6.07) is 31.9. The molecule has 0 fully saturated rings. The second-order valence-electron chi connectivity index (χ2n) is 10.8. The molecule has 4 aromatic carbocycles. The van der Waals surface area contributed by atoms with Crippen LogP contribution in [0.1, 0.15) is 22.3 Å². The minimum atomic E-state index is -0.292. The summed E-state index contributed by atoms with van der Waals surface area (Å²) >= 11 is 0. The maximum Gasteiger partial charge on any atom is 0.310 e. The third-order valence-corrected chi connectivity index (χ3v) is 7.92. The standard InChI is InChI=1S/C20H19NO3.C20H17NO2/c1-24-18(23)12-16-13-21-20-15(10-11-22)8-5-9-17(20)19(16)14-6-3-2-4-7-14;1-3-14-10-7-11-17-19(15-8-5-4-6-9-15)16(12-18(22)23-2)13-21-20(14)17/h2-9,13,22H,10-12H2,1H3;3-11,13H,1,12H2,2H3. The first-order chi connectivity index (χ1) is 23.0. The average molecular weight is 625 g/mol. The molecule has 2 aromatic heterocycles. The van der Waals surface area contributed by atoms with Crippen LogP contribution in [0.25, 0.3) is 50.1 Å². The lowest BCUT2D eigenvalue weighted by molar-refractivity contribution is -0.140. The molecular weight excluding hydrogens is 588 g/mol. The Morgan fingerprint density at radius 1 is 0.660 bits per heavy atom. The molecule has 0 saturated carbocycles. The summed E-state index contributed by atoms with van der Waals surface area (Å²) in [6.45, 7) is 3.93. The zero-order valence-corrected chi connectivity index (χ0v) is 26.5. The lowest BCUT2D eigenvalue weighted by atomic mass is 9.93. The predicted molar refractivity (Wildman–Crippen MR) is 187 cm³/mol. The SMILES string of the molecule is C=Cc1cccc2c(-c3ccccc3)c(CC(=O)OC)cnc12.COC(=O)Cc1cnc2c(CCO)cccc2c1-c1ccccc1. The molecular formula is C40H36N2O5. The molecule has 0 amide bonds. The molecule has 6 rings (SSSR count). The minimum absolute atomic E-state index is 0.0748. The third-order valence-electron chi connectivity index (χ3n) is 7.92. The Balaban J connectivity index is 0.000000185. The highest BCUT2D eigenvalue weighted by molar-refractivity contribution is 6.01. The van der Waals surface area contributed by atoms with Crippen LogP contribution < -0.4 is 0 Å². The molecule has 1 N–H and O–H groups in total. The average Bonchev–Trinajstić information content (AvgIpc) is 3.12. The summed E-state index contributed by atoms with van der Waals surface area (Å²) in [5, 5.41) is 11.3. The first-order valence-electron chi connectivity index (χ1n) is 15.3. The van der Waals surface area contributed by atoms with E-state index < -0.39 is 0 Å². The van der Waals surface area contributed by atoms with Crippen molar-refractivity contribution in [1.82, 2.24) is 9.97 Å². The fourth-order valence-electron chi connectivity index (χ4n) is 5.71. The summed E-state index contributed by atoms with van der Waals surface area (Å²) in [6.07, 6.45) is 6.21. The summed E-state index contributed by atoms with van der Waals surface area (Å²) < 4.78 is 9.64. The maximum absolute atomic E-state index is 11.8. The van der Waals surface area contributed by atoms with E-state index in [1.165, 1.54) is 14.2 Å². The number of methoxy groups -OCH3 is 2. The minimum Gasteiger partial charge on any atom is -0.469 e. The highest BCUT2D eigenvalue weighted by atomic mass is 16.5. The van der Waals surface area contributed by atoms with Gasteiger partial charge in [0.2, 0.25) is 0 Å². The van der Waals surface area contributed by atoms with Gasteiger partial charge in [0.05, 0.1) is 38.1 Å². The maximum atomic E-state index is 11.8. The Morgan fingerprint density at radius 2 is 1.15 bits per heavy atom. The van der Waals surface area contributed by atoms with Crippen molar-refractivity contribution < 1.29 is 24.2 Å². The van der Waals surface area contributed by atoms with E-state index in [1.807, 2.05) is 97.1 Å². The van der Waals surface area contributed by atoms with Crippen molar-refractivity contribution in [3.8, 4) is 22.3 Å². The number of nitrogens with zero attached hydrogens (tertiary/aromatic N) is 2. The molecule has 47 heavy (non-hydrogen) atoms. The van der Waals surface area contributed by atoms with Gasteiger partial charge in [-0.1, -0.05) is 110 Å². The van der Waals surface area contributed by atoms with Crippen molar-refractivity contribution in [2.24, 2.45) is 0 Å². The fourth-order valence-corrected chi connectivity index (χ4v) is 5.71. The second kappa shape index (κ2) is 15.6. The molecule has 0 aliphatic heterocycles. The molecule has 2 heterocycles. The van der Waals surface area contributed by atoms with E-state index in [1.54, 1.807) is 18.5 Å². The third kappa shape index (κ3) is 7.43. The van der Waals surface area contributed by atoms with Gasteiger partial charge in [-0.3, -0.25) is 19.6 Å². The van der Waals surface area contributed by atoms with E-state index >= 15 is 0 Å². The van der Waals surface area contributed by atoms with Crippen LogP contribution in [0.2, 0.25) is 0 Å². The molecule has 0 aliphatic rings. The monoisotopic (exact) mass is 624 g/mol. The van der Waals surface area contributed by atoms with Crippen LogP contribution in [0.5, 0.6) is 0 Å². The largest absolute Gasteiger partial charge is 0.469 e. The normalized spacial score (nSPS) is 10.6. The van der Waals surface area contributed by atoms with E-state index in [9.17, 15) is 14.7 Å². The molecule has 6 aromatic rings. The van der Waals surface area contributed by atoms with Gasteiger partial charge < -0.3 is 14.6 Å². The number of hydrogen-bond donors (Lipinski definition) is 1. The lowest BCUT2D eigenvalue weighted by Crippen LogP contribution is -2.07. The topological polar surface area (TPSA) is 98.6 Å². The van der Waals surface area contributed by atoms with Gasteiger partial charge in [-0.05, 0) is 45.4 Å². The molecule has 0 bridgehead atoms. The molecule has 0 radical (unpaired) electrons. The van der Waals surface area contributed by atoms with Gasteiger partial charge in [0.15, 0.2) is 0 Å². The van der Waals surface area contributed by atoms with Gasteiger partial charge in [0.25, 0.3) is 0 Å². The van der Waals surface area contributed by atoms with Gasteiger partial charge in [-0.15, -0.1) is 0 Å². The molecule has 0 spiro atoms. The van der Waals surface area contributed by atoms with Gasteiger partial charge >= 0.3 is 11.9 Å². The number of aliphatic hydroxyl groups excluding tert-OH is 1. The smallest absolute Gasteiger partial charge is 0.310 e. The number of carbonyl (C=O) groups is 2. The van der Waals surface area contributed by atoms with Crippen molar-refractivity contribution in [2.75, 3.05) is 20.8 Å². The second-order valence-corrected chi connectivity index (χ2v) is 10.8. The van der Waals surface area contributed by atoms with Crippen molar-refractivity contribution in [1.29, 1.82) is 0 Å². The molecule has 7 nitrogen and oxygen atoms in total. The summed E-state index contributed by atoms with van der Waals surface area (Å²) in [7, 11) is 2.78. The number of fused-ring (bicyclic) bond motifs is 2. The number of esters is 2. The van der Waals surface area contributed by atoms with Crippen LogP contribution >= 0.6 is 0 Å². The zero-order chi connectivity index (χ0) is 33.2. The van der Waals surface area contributed by atoms with E-state index in [0.29, 0.717) is 6.42 Å². The predicted octanol–water partition coefficient (Wildman–Crippen LogP) is 7.41. The Morgan fingerprint density at radius 3 is 1.64 bits per heavy atom. The number of aliphatic hydroxyl groups is 1. The Bertz CT molecular complexity index is 2020. The Kier molecular flexibility index (Phi) is 10.8. The quantitative estimate of drug-likeness (QED) is 0.167. The van der Waals surface area contributed by atoms with Crippen molar-refractivity contribution in [2.45, 2.75) is 19.3 Å². The first-order valence-corrected chi connectivity index (χ1v) is 15.3. The van der Waals surface area contributed by atoms with E-state index in [2.05, 4.69) is 16.5 Å². The highest BCUT2D eigenvalue weighted by Gasteiger charge is 2.17. The van der Waals surface area contributed by atoms with Gasteiger partial charge in [0, 0.05) is 35.3 Å². The van der Waals surface area contributed by atoms with Gasteiger partial charge in [-0.2, -0.15) is 0 Å². The van der Waals surface area contributed by atoms with Crippen LogP contribution in [-0.4, -0.2) is 47.8 Å². The molecule has 0 atom stereocenters. The van der Waals surface area contributed by atoms with E-state index in [4.69, 9.17) is 9.47 Å². The first kappa shape index (κ1) is 32.7. The van der Waals surface area contributed by atoms with Crippen LogP contribution in [0.15, 0.2) is 116 Å². The van der Waals surface area contributed by atoms with Gasteiger partial charge in [-0.25, -0.2) is 0 Å². The zero-order valence-electron chi connectivity index (χ0n) is 26.5. The van der Waals surface area contributed by atoms with Crippen LogP contribution in [0.3, 0.4) is 0 Å². The molecule has 0 saturated heterocycles. The molecule has 0 aliphatic carbocycles. The molecule has 7 heteroatoms. The van der Waals surface area contributed by atoms with Crippen molar-refractivity contribution >= 4 is 39.8 Å². The Hall–Kier alpha value is -5.66. The fraction of sp³-hybridized carbons (Fsp3) is 0.150. The van der Waals surface area contributed by atoms with Crippen molar-refractivity contribution in [3.05, 3.63) is 138 Å². The summed E-state index contributed by atoms with van der Waals surface area (Å²) in [4.78, 5) is 32.6. The van der Waals surface area contributed by atoms with Gasteiger partial charge in [0.1, 0.15) is 0 Å². The number of aromatic nitrogens is 2. The van der Waals surface area contributed by atoms with Crippen molar-refractivity contribution in [3.63, 3.8) is 0 Å². The van der Waals surface area contributed by atoms with E-state index in [0.717, 1.165) is 66.3 Å². The number of benzene rings is 4. The van der Waals surface area contributed by atoms with Crippen LogP contribution in [0, 0.1) is 0 Å². The van der Waals surface area contributed by atoms with E-state index in [-0.39, 0.29) is 31.4 Å². The Labute approximate surface area is 274 Å². The highest BCUT2D eigenvalue weighted by Crippen LogP contribution is 2.34. The number of pyridine rings is 2.